The minimum atomic E-state index is -1.24. The third kappa shape index (κ3) is 4.72. The molecule has 21 heavy (non-hydrogen) atoms. The highest BCUT2D eigenvalue weighted by molar-refractivity contribution is 7.84. The molecule has 0 saturated heterocycles. The molecule has 0 radical (unpaired) electrons. The number of rotatable bonds is 5. The van der Waals surface area contributed by atoms with Gasteiger partial charge in [0.25, 0.3) is 0 Å². The molecule has 3 N–H and O–H groups in total. The van der Waals surface area contributed by atoms with Gasteiger partial charge in [0.05, 0.1) is 11.4 Å². The van der Waals surface area contributed by atoms with E-state index in [1.807, 2.05) is 31.2 Å². The Bertz CT molecular complexity index is 671. The van der Waals surface area contributed by atoms with Crippen LogP contribution in [-0.4, -0.2) is 15.9 Å². The van der Waals surface area contributed by atoms with Gasteiger partial charge in [0, 0.05) is 16.6 Å². The van der Waals surface area contributed by atoms with Crippen molar-refractivity contribution in [1.82, 2.24) is 0 Å². The van der Waals surface area contributed by atoms with E-state index in [-0.39, 0.29) is 11.7 Å². The molecule has 0 aliphatic heterocycles. The maximum atomic E-state index is 12.0. The van der Waals surface area contributed by atoms with Crippen molar-refractivity contribution in [2.75, 3.05) is 16.8 Å². The summed E-state index contributed by atoms with van der Waals surface area (Å²) < 4.78 is 12.0. The van der Waals surface area contributed by atoms with E-state index in [9.17, 15) is 9.00 Å². The number of nitrogen functional groups attached to an aromatic ring is 1. The number of hydrogen-bond donors (Lipinski definition) is 2. The van der Waals surface area contributed by atoms with E-state index in [2.05, 4.69) is 5.32 Å². The molecule has 0 bridgehead atoms. The fraction of sp³-hybridized carbons (Fsp3) is 0.188. The van der Waals surface area contributed by atoms with E-state index >= 15 is 0 Å². The number of benzene rings is 2. The number of amides is 1. The second kappa shape index (κ2) is 7.04. The van der Waals surface area contributed by atoms with Crippen LogP contribution in [0.15, 0.2) is 48.5 Å². The van der Waals surface area contributed by atoms with Crippen LogP contribution in [0.3, 0.4) is 0 Å². The molecule has 5 heteroatoms. The summed E-state index contributed by atoms with van der Waals surface area (Å²) in [5.74, 6) is 0.0423. The van der Waals surface area contributed by atoms with E-state index in [0.29, 0.717) is 17.1 Å². The molecule has 2 rings (SSSR count). The fourth-order valence-corrected chi connectivity index (χ4v) is 3.00. The Kier molecular flexibility index (Phi) is 5.11. The van der Waals surface area contributed by atoms with Crippen LogP contribution in [0.2, 0.25) is 0 Å². The molecule has 4 nitrogen and oxygen atoms in total. The van der Waals surface area contributed by atoms with Crippen molar-refractivity contribution >= 4 is 28.1 Å². The second-order valence-electron chi connectivity index (χ2n) is 4.85. The van der Waals surface area contributed by atoms with Crippen LogP contribution in [0.1, 0.15) is 11.1 Å². The predicted octanol–water partition coefficient (Wildman–Crippen LogP) is 2.46. The number of nitrogens with two attached hydrogens (primary N) is 1. The van der Waals surface area contributed by atoms with Gasteiger partial charge in [0.2, 0.25) is 5.91 Å². The van der Waals surface area contributed by atoms with Crippen LogP contribution in [0.5, 0.6) is 0 Å². The number of carbonyl (C=O) groups excluding carboxylic acids is 1. The molecule has 0 aliphatic rings. The highest BCUT2D eigenvalue weighted by atomic mass is 32.2. The SMILES string of the molecule is Cc1cccc(CS(=O)CC(=O)Nc2ccccc2N)c1. The second-order valence-corrected chi connectivity index (χ2v) is 6.31. The smallest absolute Gasteiger partial charge is 0.237 e. The molecule has 0 saturated carbocycles. The summed E-state index contributed by atoms with van der Waals surface area (Å²) in [7, 11) is -1.24. The van der Waals surface area contributed by atoms with E-state index < -0.39 is 10.8 Å². The minimum absolute atomic E-state index is 0.0394. The summed E-state index contributed by atoms with van der Waals surface area (Å²) in [6, 6.07) is 14.8. The lowest BCUT2D eigenvalue weighted by molar-refractivity contribution is -0.113. The largest absolute Gasteiger partial charge is 0.397 e. The van der Waals surface area contributed by atoms with Gasteiger partial charge >= 0.3 is 0 Å². The predicted molar refractivity (Wildman–Crippen MR) is 87.4 cm³/mol. The van der Waals surface area contributed by atoms with Crippen molar-refractivity contribution in [3.05, 3.63) is 59.7 Å². The third-order valence-corrected chi connectivity index (χ3v) is 4.18. The van der Waals surface area contributed by atoms with Crippen LogP contribution in [0.25, 0.3) is 0 Å². The number of nitrogens with one attached hydrogen (secondary N) is 1. The standard InChI is InChI=1S/C16H18N2O2S/c1-12-5-4-6-13(9-12)10-21(20)11-16(19)18-15-8-3-2-7-14(15)17/h2-9H,10-11,17H2,1H3,(H,18,19). The normalized spacial score (nSPS) is 11.9. The van der Waals surface area contributed by atoms with Crippen LogP contribution in [0.4, 0.5) is 11.4 Å². The zero-order valence-corrected chi connectivity index (χ0v) is 12.7. The zero-order valence-electron chi connectivity index (χ0n) is 11.8. The first kappa shape index (κ1) is 15.3. The van der Waals surface area contributed by atoms with Crippen molar-refractivity contribution in [3.8, 4) is 0 Å². The van der Waals surface area contributed by atoms with Gasteiger partial charge in [-0.25, -0.2) is 0 Å². The topological polar surface area (TPSA) is 72.2 Å². The van der Waals surface area contributed by atoms with Crippen LogP contribution in [0, 0.1) is 6.92 Å². The van der Waals surface area contributed by atoms with Gasteiger partial charge in [-0.3, -0.25) is 9.00 Å². The van der Waals surface area contributed by atoms with Crippen molar-refractivity contribution in [1.29, 1.82) is 0 Å². The van der Waals surface area contributed by atoms with Crippen molar-refractivity contribution in [2.45, 2.75) is 12.7 Å². The Morgan fingerprint density at radius 2 is 1.95 bits per heavy atom. The lowest BCUT2D eigenvalue weighted by Crippen LogP contribution is -2.20. The van der Waals surface area contributed by atoms with Crippen molar-refractivity contribution in [3.63, 3.8) is 0 Å². The Morgan fingerprint density at radius 1 is 1.19 bits per heavy atom. The number of hydrogen-bond acceptors (Lipinski definition) is 3. The average Bonchev–Trinajstić information content (AvgIpc) is 2.41. The lowest BCUT2D eigenvalue weighted by Gasteiger charge is -2.08. The Morgan fingerprint density at radius 3 is 2.67 bits per heavy atom. The quantitative estimate of drug-likeness (QED) is 0.833. The summed E-state index contributed by atoms with van der Waals surface area (Å²) in [5, 5.41) is 2.68. The first-order valence-electron chi connectivity index (χ1n) is 6.59. The summed E-state index contributed by atoms with van der Waals surface area (Å²) in [6.07, 6.45) is 0. The fourth-order valence-electron chi connectivity index (χ4n) is 1.98. The highest BCUT2D eigenvalue weighted by Crippen LogP contribution is 2.16. The molecule has 1 atom stereocenters. The molecule has 0 aromatic heterocycles. The molecule has 0 fully saturated rings. The van der Waals surface area contributed by atoms with E-state index in [1.54, 1.807) is 24.3 Å². The molecule has 1 unspecified atom stereocenters. The number of aryl methyl sites for hydroxylation is 1. The summed E-state index contributed by atoms with van der Waals surface area (Å²) in [6.45, 7) is 1.98. The maximum Gasteiger partial charge on any atom is 0.237 e. The van der Waals surface area contributed by atoms with Crippen LogP contribution < -0.4 is 11.1 Å². The van der Waals surface area contributed by atoms with Crippen molar-refractivity contribution < 1.29 is 9.00 Å². The Hall–Kier alpha value is -2.14. The zero-order chi connectivity index (χ0) is 15.2. The van der Waals surface area contributed by atoms with Gasteiger partial charge in [-0.15, -0.1) is 0 Å². The number of para-hydroxylation sites is 2. The van der Waals surface area contributed by atoms with E-state index in [0.717, 1.165) is 11.1 Å². The summed E-state index contributed by atoms with van der Waals surface area (Å²) in [5.41, 5.74) is 8.89. The summed E-state index contributed by atoms with van der Waals surface area (Å²) in [4.78, 5) is 11.9. The van der Waals surface area contributed by atoms with Crippen LogP contribution >= 0.6 is 0 Å². The van der Waals surface area contributed by atoms with Gasteiger partial charge in [-0.05, 0) is 24.6 Å². The molecule has 1 amide bonds. The van der Waals surface area contributed by atoms with E-state index in [4.69, 9.17) is 5.73 Å². The molecule has 0 spiro atoms. The lowest BCUT2D eigenvalue weighted by atomic mass is 10.2. The third-order valence-electron chi connectivity index (χ3n) is 2.94. The number of carbonyl (C=O) groups is 1. The van der Waals surface area contributed by atoms with Crippen molar-refractivity contribution in [2.24, 2.45) is 0 Å². The van der Waals surface area contributed by atoms with Crippen LogP contribution in [-0.2, 0) is 21.3 Å². The molecular weight excluding hydrogens is 284 g/mol. The summed E-state index contributed by atoms with van der Waals surface area (Å²) >= 11 is 0. The Labute approximate surface area is 126 Å². The molecule has 0 heterocycles. The maximum absolute atomic E-state index is 12.0. The minimum Gasteiger partial charge on any atom is -0.397 e. The first-order chi connectivity index (χ1) is 10.0. The van der Waals surface area contributed by atoms with Gasteiger partial charge in [-0.1, -0.05) is 42.0 Å². The van der Waals surface area contributed by atoms with Gasteiger partial charge in [0.15, 0.2) is 0 Å². The average molecular weight is 302 g/mol. The molecule has 0 aliphatic carbocycles. The van der Waals surface area contributed by atoms with Gasteiger partial charge < -0.3 is 11.1 Å². The Balaban J connectivity index is 1.91. The molecule has 2 aromatic carbocycles. The monoisotopic (exact) mass is 302 g/mol. The van der Waals surface area contributed by atoms with Gasteiger partial charge in [0.1, 0.15) is 5.75 Å². The highest BCUT2D eigenvalue weighted by Gasteiger charge is 2.10. The molecular formula is C16H18N2O2S. The molecule has 2 aromatic rings. The number of anilines is 2. The van der Waals surface area contributed by atoms with Gasteiger partial charge in [-0.2, -0.15) is 0 Å². The van der Waals surface area contributed by atoms with E-state index in [1.165, 1.54) is 0 Å². The molecule has 110 valence electrons. The first-order valence-corrected chi connectivity index (χ1v) is 8.08.